The number of carbonyl (C=O) groups is 2. The van der Waals surface area contributed by atoms with Gasteiger partial charge in [0.15, 0.2) is 0 Å². The minimum absolute atomic E-state index is 0.00913. The van der Waals surface area contributed by atoms with E-state index in [1.54, 1.807) is 29.2 Å². The zero-order valence-corrected chi connectivity index (χ0v) is 12.0. The Morgan fingerprint density at radius 3 is 2.45 bits per heavy atom. The predicted octanol–water partition coefficient (Wildman–Crippen LogP) is 1.44. The van der Waals surface area contributed by atoms with Crippen molar-refractivity contribution >= 4 is 29.6 Å². The molecule has 5 nitrogen and oxygen atoms in total. The lowest BCUT2D eigenvalue weighted by Crippen LogP contribution is -2.46. The lowest BCUT2D eigenvalue weighted by atomic mass is 10.2. The van der Waals surface area contributed by atoms with Gasteiger partial charge in [-0.15, -0.1) is 0 Å². The largest absolute Gasteiger partial charge is 0.343 e. The van der Waals surface area contributed by atoms with Crippen LogP contribution in [0.2, 0.25) is 5.02 Å². The summed E-state index contributed by atoms with van der Waals surface area (Å²) in [7, 11) is 0. The van der Waals surface area contributed by atoms with E-state index in [1.807, 2.05) is 0 Å². The molecule has 1 aliphatic heterocycles. The van der Waals surface area contributed by atoms with Gasteiger partial charge in [-0.25, -0.2) is 0 Å². The number of amides is 2. The number of piperazine rings is 1. The van der Waals surface area contributed by atoms with Crippen molar-refractivity contribution in [2.24, 2.45) is 0 Å². The number of halogens is 1. The molecule has 0 unspecified atom stereocenters. The smallest absolute Gasteiger partial charge is 0.225 e. The van der Waals surface area contributed by atoms with Crippen LogP contribution < -0.4 is 5.32 Å². The van der Waals surface area contributed by atoms with Crippen LogP contribution in [0.25, 0.3) is 0 Å². The van der Waals surface area contributed by atoms with Gasteiger partial charge in [0.1, 0.15) is 0 Å². The molecule has 0 aromatic heterocycles. The van der Waals surface area contributed by atoms with E-state index in [4.69, 9.17) is 11.6 Å². The Bertz CT molecular complexity index is 456. The van der Waals surface area contributed by atoms with Crippen molar-refractivity contribution in [3.8, 4) is 0 Å². The van der Waals surface area contributed by atoms with E-state index < -0.39 is 0 Å². The molecule has 0 radical (unpaired) electrons. The summed E-state index contributed by atoms with van der Waals surface area (Å²) in [4.78, 5) is 26.4. The third kappa shape index (κ3) is 4.51. The van der Waals surface area contributed by atoms with Crippen molar-refractivity contribution in [2.45, 2.75) is 6.42 Å². The zero-order chi connectivity index (χ0) is 14.4. The second-order valence-electron chi connectivity index (χ2n) is 4.79. The van der Waals surface area contributed by atoms with Crippen LogP contribution in [0, 0.1) is 0 Å². The Kier molecular flexibility index (Phi) is 5.38. The number of nitrogens with one attached hydrogen (secondary N) is 1. The molecule has 6 heteroatoms. The Labute approximate surface area is 123 Å². The molecule has 1 saturated heterocycles. The van der Waals surface area contributed by atoms with E-state index in [0.29, 0.717) is 18.0 Å². The van der Waals surface area contributed by atoms with Crippen LogP contribution in [0.1, 0.15) is 6.42 Å². The Morgan fingerprint density at radius 1 is 1.20 bits per heavy atom. The maximum absolute atomic E-state index is 11.8. The fourth-order valence-electron chi connectivity index (χ4n) is 2.11. The first-order valence-corrected chi connectivity index (χ1v) is 7.02. The first-order valence-electron chi connectivity index (χ1n) is 6.64. The summed E-state index contributed by atoms with van der Waals surface area (Å²) in [6.45, 7) is 3.84. The summed E-state index contributed by atoms with van der Waals surface area (Å²) in [6, 6.07) is 7.05. The fraction of sp³-hybridized carbons (Fsp3) is 0.429. The van der Waals surface area contributed by atoms with Crippen molar-refractivity contribution in [3.05, 3.63) is 29.3 Å². The Morgan fingerprint density at radius 2 is 1.85 bits per heavy atom. The second kappa shape index (κ2) is 7.26. The highest BCUT2D eigenvalue weighted by Gasteiger charge is 2.15. The number of rotatable bonds is 5. The van der Waals surface area contributed by atoms with E-state index in [2.05, 4.69) is 10.2 Å². The summed E-state index contributed by atoms with van der Waals surface area (Å²) in [5.41, 5.74) is 0.755. The standard InChI is InChI=1S/C14H18ClN3O2/c15-12-1-3-13(4-2-12)16-14(20)5-6-17-7-9-18(11-19)10-8-17/h1-4,11H,5-10H2,(H,16,20). The quantitative estimate of drug-likeness (QED) is 0.837. The average molecular weight is 296 g/mol. The van der Waals surface area contributed by atoms with Crippen LogP contribution in [0.4, 0.5) is 5.69 Å². The van der Waals surface area contributed by atoms with E-state index in [9.17, 15) is 9.59 Å². The maximum atomic E-state index is 11.8. The van der Waals surface area contributed by atoms with Crippen molar-refractivity contribution in [3.63, 3.8) is 0 Å². The molecule has 108 valence electrons. The van der Waals surface area contributed by atoms with E-state index >= 15 is 0 Å². The van der Waals surface area contributed by atoms with E-state index in [0.717, 1.165) is 38.3 Å². The van der Waals surface area contributed by atoms with Crippen molar-refractivity contribution in [1.82, 2.24) is 9.80 Å². The third-order valence-corrected chi connectivity index (χ3v) is 3.59. The van der Waals surface area contributed by atoms with Crippen LogP contribution in [-0.4, -0.2) is 54.8 Å². The molecule has 1 N–H and O–H groups in total. The summed E-state index contributed by atoms with van der Waals surface area (Å²) in [5.74, 6) is -0.00913. The van der Waals surface area contributed by atoms with Crippen molar-refractivity contribution < 1.29 is 9.59 Å². The lowest BCUT2D eigenvalue weighted by Gasteiger charge is -2.32. The van der Waals surface area contributed by atoms with Crippen molar-refractivity contribution in [2.75, 3.05) is 38.0 Å². The fourth-order valence-corrected chi connectivity index (χ4v) is 2.23. The molecule has 2 amide bonds. The van der Waals surface area contributed by atoms with Gasteiger partial charge in [0.2, 0.25) is 12.3 Å². The lowest BCUT2D eigenvalue weighted by molar-refractivity contribution is -0.120. The summed E-state index contributed by atoms with van der Waals surface area (Å²) < 4.78 is 0. The Hall–Kier alpha value is -1.59. The van der Waals surface area contributed by atoms with Gasteiger partial charge in [-0.05, 0) is 24.3 Å². The van der Waals surface area contributed by atoms with E-state index in [1.165, 1.54) is 0 Å². The normalized spacial score (nSPS) is 15.9. The predicted molar refractivity (Wildman–Crippen MR) is 78.8 cm³/mol. The minimum atomic E-state index is -0.00913. The van der Waals surface area contributed by atoms with Gasteiger partial charge in [0.05, 0.1) is 0 Å². The average Bonchev–Trinajstić information content (AvgIpc) is 2.48. The number of hydrogen-bond acceptors (Lipinski definition) is 3. The van der Waals surface area contributed by atoms with Gasteiger partial charge >= 0.3 is 0 Å². The summed E-state index contributed by atoms with van der Waals surface area (Å²) in [6.07, 6.45) is 1.33. The number of anilines is 1. The SMILES string of the molecule is O=CN1CCN(CCC(=O)Nc2ccc(Cl)cc2)CC1. The number of carbonyl (C=O) groups excluding carboxylic acids is 2. The first-order chi connectivity index (χ1) is 9.67. The van der Waals surface area contributed by atoms with Gasteiger partial charge in [-0.3, -0.25) is 14.5 Å². The number of nitrogens with zero attached hydrogens (tertiary/aromatic N) is 2. The molecule has 20 heavy (non-hydrogen) atoms. The highest BCUT2D eigenvalue weighted by atomic mass is 35.5. The first kappa shape index (κ1) is 14.8. The third-order valence-electron chi connectivity index (χ3n) is 3.34. The molecule has 1 aliphatic rings. The molecule has 0 bridgehead atoms. The molecule has 1 aromatic carbocycles. The Balaban J connectivity index is 1.70. The summed E-state index contributed by atoms with van der Waals surface area (Å²) in [5, 5.41) is 3.49. The monoisotopic (exact) mass is 295 g/mol. The minimum Gasteiger partial charge on any atom is -0.343 e. The molecular formula is C14H18ClN3O2. The zero-order valence-electron chi connectivity index (χ0n) is 11.2. The van der Waals surface area contributed by atoms with Gasteiger partial charge in [0.25, 0.3) is 0 Å². The van der Waals surface area contributed by atoms with Crippen LogP contribution in [-0.2, 0) is 9.59 Å². The molecule has 1 heterocycles. The van der Waals surface area contributed by atoms with Crippen LogP contribution in [0.3, 0.4) is 0 Å². The molecule has 1 fully saturated rings. The van der Waals surface area contributed by atoms with E-state index in [-0.39, 0.29) is 5.91 Å². The summed E-state index contributed by atoms with van der Waals surface area (Å²) >= 11 is 5.79. The number of benzene rings is 1. The van der Waals surface area contributed by atoms with Crippen molar-refractivity contribution in [1.29, 1.82) is 0 Å². The highest BCUT2D eigenvalue weighted by molar-refractivity contribution is 6.30. The molecule has 0 saturated carbocycles. The van der Waals surface area contributed by atoms with Gasteiger partial charge < -0.3 is 10.2 Å². The highest BCUT2D eigenvalue weighted by Crippen LogP contribution is 2.13. The molecule has 2 rings (SSSR count). The van der Waals surface area contributed by atoms with Crippen LogP contribution in [0.15, 0.2) is 24.3 Å². The molecule has 0 atom stereocenters. The molecule has 0 aliphatic carbocycles. The topological polar surface area (TPSA) is 52.7 Å². The van der Waals surface area contributed by atoms with Gasteiger partial charge in [-0.2, -0.15) is 0 Å². The molecule has 0 spiro atoms. The van der Waals surface area contributed by atoms with Crippen LogP contribution in [0.5, 0.6) is 0 Å². The van der Waals surface area contributed by atoms with Gasteiger partial charge in [-0.1, -0.05) is 11.6 Å². The van der Waals surface area contributed by atoms with Crippen LogP contribution >= 0.6 is 11.6 Å². The molecular weight excluding hydrogens is 278 g/mol. The van der Waals surface area contributed by atoms with Gasteiger partial charge in [0, 0.05) is 49.9 Å². The molecule has 1 aromatic rings. The maximum Gasteiger partial charge on any atom is 0.225 e. The second-order valence-corrected chi connectivity index (χ2v) is 5.22. The number of hydrogen-bond donors (Lipinski definition) is 1.